The molecule has 1 heterocycles. The van der Waals surface area contributed by atoms with Gasteiger partial charge in [0.1, 0.15) is 5.60 Å². The zero-order valence-electron chi connectivity index (χ0n) is 16.3. The summed E-state index contributed by atoms with van der Waals surface area (Å²) in [5.74, 6) is 0.495. The lowest BCUT2D eigenvalue weighted by Crippen LogP contribution is -2.44. The molecule has 0 aliphatic rings. The van der Waals surface area contributed by atoms with Crippen LogP contribution in [0.3, 0.4) is 0 Å². The van der Waals surface area contributed by atoms with E-state index >= 15 is 0 Å². The number of hydrogen-bond acceptors (Lipinski definition) is 4. The van der Waals surface area contributed by atoms with Crippen LogP contribution in [0.15, 0.2) is 41.7 Å². The van der Waals surface area contributed by atoms with Crippen LogP contribution in [0.4, 0.5) is 0 Å². The van der Waals surface area contributed by atoms with E-state index in [0.29, 0.717) is 31.2 Å². The summed E-state index contributed by atoms with van der Waals surface area (Å²) >= 11 is 0. The van der Waals surface area contributed by atoms with Gasteiger partial charge in [-0.15, -0.1) is 0 Å². The fraction of sp³-hybridized carbons (Fsp3) is 0.421. The summed E-state index contributed by atoms with van der Waals surface area (Å²) in [6.45, 7) is 5.17. The number of guanidine groups is 1. The molecule has 1 aromatic carbocycles. The highest BCUT2D eigenvalue weighted by atomic mass is 16.3. The molecule has 8 heteroatoms. The lowest BCUT2D eigenvalue weighted by molar-refractivity contribution is 0.0616. The third-order valence-corrected chi connectivity index (χ3v) is 4.13. The first-order valence-corrected chi connectivity index (χ1v) is 8.90. The van der Waals surface area contributed by atoms with Crippen molar-refractivity contribution in [1.29, 1.82) is 0 Å². The topological polar surface area (TPSA) is 104 Å². The molecule has 0 bridgehead atoms. The van der Waals surface area contributed by atoms with E-state index in [4.69, 9.17) is 0 Å². The first-order valence-electron chi connectivity index (χ1n) is 8.90. The molecule has 0 saturated heterocycles. The number of amides is 1. The van der Waals surface area contributed by atoms with Crippen LogP contribution in [0, 0.1) is 0 Å². The number of carbonyl (C=O) groups is 1. The Morgan fingerprint density at radius 1 is 1.30 bits per heavy atom. The van der Waals surface area contributed by atoms with Crippen LogP contribution in [0.2, 0.25) is 0 Å². The van der Waals surface area contributed by atoms with E-state index in [1.54, 1.807) is 43.2 Å². The van der Waals surface area contributed by atoms with E-state index in [1.807, 2.05) is 26.1 Å². The van der Waals surface area contributed by atoms with E-state index in [9.17, 15) is 9.90 Å². The van der Waals surface area contributed by atoms with Gasteiger partial charge in [0, 0.05) is 38.0 Å². The molecule has 0 aliphatic heterocycles. The van der Waals surface area contributed by atoms with Crippen molar-refractivity contribution >= 4 is 11.9 Å². The van der Waals surface area contributed by atoms with Crippen LogP contribution in [-0.4, -0.2) is 46.9 Å². The van der Waals surface area contributed by atoms with E-state index < -0.39 is 5.60 Å². The Morgan fingerprint density at radius 2 is 2.00 bits per heavy atom. The van der Waals surface area contributed by atoms with Crippen LogP contribution in [0.25, 0.3) is 0 Å². The molecule has 0 spiro atoms. The van der Waals surface area contributed by atoms with Crippen molar-refractivity contribution in [2.75, 3.05) is 20.1 Å². The molecule has 4 N–H and O–H groups in total. The molecule has 1 atom stereocenters. The second-order valence-corrected chi connectivity index (χ2v) is 6.50. The average molecular weight is 372 g/mol. The summed E-state index contributed by atoms with van der Waals surface area (Å²) in [5, 5.41) is 23.7. The minimum atomic E-state index is -1.07. The predicted octanol–water partition coefficient (Wildman–Crippen LogP) is 0.743. The van der Waals surface area contributed by atoms with Crippen molar-refractivity contribution in [2.24, 2.45) is 12.0 Å². The fourth-order valence-corrected chi connectivity index (χ4v) is 2.48. The lowest BCUT2D eigenvalue weighted by Gasteiger charge is -2.23. The van der Waals surface area contributed by atoms with Gasteiger partial charge in [0.05, 0.1) is 19.3 Å². The summed E-state index contributed by atoms with van der Waals surface area (Å²) in [6, 6.07) is 7.31. The summed E-state index contributed by atoms with van der Waals surface area (Å²) in [5.41, 5.74) is 1.26. The highest BCUT2D eigenvalue weighted by molar-refractivity contribution is 5.93. The number of carbonyl (C=O) groups excluding carboxylic acids is 1. The zero-order chi connectivity index (χ0) is 19.9. The van der Waals surface area contributed by atoms with Gasteiger partial charge in [-0.25, -0.2) is 4.99 Å². The molecule has 1 amide bonds. The van der Waals surface area contributed by atoms with E-state index in [-0.39, 0.29) is 5.91 Å². The summed E-state index contributed by atoms with van der Waals surface area (Å²) in [7, 11) is 3.42. The Morgan fingerprint density at radius 3 is 2.56 bits per heavy atom. The van der Waals surface area contributed by atoms with E-state index in [2.05, 4.69) is 26.0 Å². The summed E-state index contributed by atoms with van der Waals surface area (Å²) in [6.07, 6.45) is 3.44. The maximum absolute atomic E-state index is 11.6. The fourth-order valence-electron chi connectivity index (χ4n) is 2.48. The SMILES string of the molecule is CCNC(=NCc1ccc(C(=O)NC)cc1)NCC(C)(O)c1cnn(C)c1. The monoisotopic (exact) mass is 372 g/mol. The van der Waals surface area contributed by atoms with Gasteiger partial charge in [0.15, 0.2) is 5.96 Å². The van der Waals surface area contributed by atoms with Crippen LogP contribution in [0.1, 0.15) is 35.3 Å². The average Bonchev–Trinajstić information content (AvgIpc) is 3.11. The second-order valence-electron chi connectivity index (χ2n) is 6.50. The molecule has 8 nitrogen and oxygen atoms in total. The van der Waals surface area contributed by atoms with E-state index in [1.165, 1.54) is 0 Å². The molecule has 146 valence electrons. The number of nitrogens with zero attached hydrogens (tertiary/aromatic N) is 3. The van der Waals surface area contributed by atoms with Gasteiger partial charge >= 0.3 is 0 Å². The normalized spacial score (nSPS) is 13.7. The van der Waals surface area contributed by atoms with Crippen molar-refractivity contribution in [1.82, 2.24) is 25.7 Å². The van der Waals surface area contributed by atoms with Crippen LogP contribution in [0.5, 0.6) is 0 Å². The summed E-state index contributed by atoms with van der Waals surface area (Å²) < 4.78 is 1.66. The number of benzene rings is 1. The summed E-state index contributed by atoms with van der Waals surface area (Å²) in [4.78, 5) is 16.1. The van der Waals surface area contributed by atoms with Crippen molar-refractivity contribution in [3.63, 3.8) is 0 Å². The number of aliphatic hydroxyl groups is 1. The Balaban J connectivity index is 2.00. The van der Waals surface area contributed by atoms with Crippen LogP contribution >= 0.6 is 0 Å². The molecular formula is C19H28N6O2. The van der Waals surface area contributed by atoms with Gasteiger partial charge in [-0.1, -0.05) is 12.1 Å². The van der Waals surface area contributed by atoms with Crippen LogP contribution in [-0.2, 0) is 19.2 Å². The maximum Gasteiger partial charge on any atom is 0.251 e. The quantitative estimate of drug-likeness (QED) is 0.424. The molecule has 0 aliphatic carbocycles. The lowest BCUT2D eigenvalue weighted by atomic mass is 10.00. The minimum absolute atomic E-state index is 0.113. The molecule has 0 fully saturated rings. The Labute approximate surface area is 159 Å². The van der Waals surface area contributed by atoms with Gasteiger partial charge < -0.3 is 21.1 Å². The molecule has 1 aromatic heterocycles. The first-order chi connectivity index (χ1) is 12.9. The molecule has 0 radical (unpaired) electrons. The number of aromatic nitrogens is 2. The molecule has 27 heavy (non-hydrogen) atoms. The van der Waals surface area contributed by atoms with Gasteiger partial charge in [-0.05, 0) is 31.5 Å². The number of nitrogens with one attached hydrogen (secondary N) is 3. The molecule has 0 saturated carbocycles. The number of hydrogen-bond donors (Lipinski definition) is 4. The Hall–Kier alpha value is -2.87. The van der Waals surface area contributed by atoms with Crippen molar-refractivity contribution < 1.29 is 9.90 Å². The second kappa shape index (κ2) is 9.18. The number of aryl methyl sites for hydroxylation is 1. The van der Waals surface area contributed by atoms with Gasteiger partial charge in [0.2, 0.25) is 0 Å². The van der Waals surface area contributed by atoms with Gasteiger partial charge in [-0.2, -0.15) is 5.10 Å². The third-order valence-electron chi connectivity index (χ3n) is 4.13. The zero-order valence-corrected chi connectivity index (χ0v) is 16.3. The largest absolute Gasteiger partial charge is 0.383 e. The highest BCUT2D eigenvalue weighted by Gasteiger charge is 2.24. The van der Waals surface area contributed by atoms with Crippen LogP contribution < -0.4 is 16.0 Å². The van der Waals surface area contributed by atoms with E-state index in [0.717, 1.165) is 11.1 Å². The van der Waals surface area contributed by atoms with Crippen molar-refractivity contribution in [3.8, 4) is 0 Å². The molecule has 2 aromatic rings. The molecule has 2 rings (SSSR count). The number of aliphatic imine (C=N–C) groups is 1. The maximum atomic E-state index is 11.6. The van der Waals surface area contributed by atoms with Gasteiger partial charge in [-0.3, -0.25) is 9.48 Å². The van der Waals surface area contributed by atoms with Crippen molar-refractivity contribution in [3.05, 3.63) is 53.3 Å². The smallest absolute Gasteiger partial charge is 0.251 e. The standard InChI is InChI=1S/C19H28N6O2/c1-5-21-18(23-13-19(2,27)16-11-24-25(4)12-16)22-10-14-6-8-15(9-7-14)17(26)20-3/h6-9,11-12,27H,5,10,13H2,1-4H3,(H,20,26)(H2,21,22,23). The predicted molar refractivity (Wildman–Crippen MR) is 105 cm³/mol. The Kier molecular flexibility index (Phi) is 6.95. The highest BCUT2D eigenvalue weighted by Crippen LogP contribution is 2.18. The third kappa shape index (κ3) is 5.82. The molecular weight excluding hydrogens is 344 g/mol. The molecule has 1 unspecified atom stereocenters. The van der Waals surface area contributed by atoms with Gasteiger partial charge in [0.25, 0.3) is 5.91 Å². The van der Waals surface area contributed by atoms with Crippen molar-refractivity contribution in [2.45, 2.75) is 26.0 Å². The minimum Gasteiger partial charge on any atom is -0.383 e. The Bertz CT molecular complexity index is 780. The number of rotatable bonds is 7. The first kappa shape index (κ1) is 20.4.